The Kier molecular flexibility index (Phi) is 7.28. The Morgan fingerprint density at radius 1 is 1.18 bits per heavy atom. The summed E-state index contributed by atoms with van der Waals surface area (Å²) in [6.45, 7) is 3.77. The van der Waals surface area contributed by atoms with Crippen LogP contribution in [0.4, 0.5) is 16.3 Å². The highest BCUT2D eigenvalue weighted by Gasteiger charge is 2.58. The van der Waals surface area contributed by atoms with Crippen LogP contribution in [0.3, 0.4) is 0 Å². The summed E-state index contributed by atoms with van der Waals surface area (Å²) in [6, 6.07) is 13.3. The molecule has 0 unspecified atom stereocenters. The molecule has 38 heavy (non-hydrogen) atoms. The summed E-state index contributed by atoms with van der Waals surface area (Å²) in [5.41, 5.74) is 1.69. The van der Waals surface area contributed by atoms with Gasteiger partial charge < -0.3 is 25.4 Å². The van der Waals surface area contributed by atoms with E-state index in [-0.39, 0.29) is 24.2 Å². The Morgan fingerprint density at radius 2 is 1.97 bits per heavy atom. The molecule has 0 spiro atoms. The molecule has 2 aromatic heterocycles. The smallest absolute Gasteiger partial charge is 0.319 e. The zero-order valence-electron chi connectivity index (χ0n) is 21.0. The number of anilines is 2. The first-order chi connectivity index (χ1) is 18.3. The fourth-order valence-electron chi connectivity index (χ4n) is 4.54. The number of nitrogens with one attached hydrogen (secondary N) is 2. The average molecular weight is 539 g/mol. The number of rotatable bonds is 8. The van der Waals surface area contributed by atoms with E-state index in [2.05, 4.69) is 20.5 Å². The summed E-state index contributed by atoms with van der Waals surface area (Å²) in [6.07, 6.45) is 2.38. The lowest BCUT2D eigenvalue weighted by Crippen LogP contribution is -2.44. The minimum absolute atomic E-state index is 0.0360. The molecule has 3 N–H and O–H groups in total. The van der Waals surface area contributed by atoms with Gasteiger partial charge in [-0.25, -0.2) is 28.2 Å². The topological polar surface area (TPSA) is 147 Å². The molecule has 12 heteroatoms. The van der Waals surface area contributed by atoms with E-state index < -0.39 is 20.6 Å². The van der Waals surface area contributed by atoms with E-state index >= 15 is 0 Å². The predicted molar refractivity (Wildman–Crippen MR) is 142 cm³/mol. The summed E-state index contributed by atoms with van der Waals surface area (Å²) >= 11 is 0. The predicted octanol–water partition coefficient (Wildman–Crippen LogP) is 2.34. The van der Waals surface area contributed by atoms with E-state index in [1.54, 1.807) is 42.5 Å². The second-order valence-corrected chi connectivity index (χ2v) is 11.6. The number of urea groups is 1. The Bertz CT molecular complexity index is 1400. The molecule has 1 aromatic carbocycles. The summed E-state index contributed by atoms with van der Waals surface area (Å²) in [5.74, 6) is 1.05. The van der Waals surface area contributed by atoms with Gasteiger partial charge in [-0.1, -0.05) is 6.07 Å². The number of aromatic nitrogens is 3. The van der Waals surface area contributed by atoms with Crippen LogP contribution >= 0.6 is 0 Å². The summed E-state index contributed by atoms with van der Waals surface area (Å²) in [4.78, 5) is 27.8. The normalized spacial score (nSPS) is 18.6. The zero-order valence-corrected chi connectivity index (χ0v) is 21.8. The van der Waals surface area contributed by atoms with Gasteiger partial charge in [-0.15, -0.1) is 0 Å². The Labute approximate surface area is 221 Å². The molecule has 2 fully saturated rings. The molecule has 1 saturated heterocycles. The number of amides is 2. The lowest BCUT2D eigenvalue weighted by Gasteiger charge is -2.34. The maximum absolute atomic E-state index is 13.7. The summed E-state index contributed by atoms with van der Waals surface area (Å²) in [5, 5.41) is 14.1. The van der Waals surface area contributed by atoms with Crippen molar-refractivity contribution in [2.45, 2.75) is 35.6 Å². The van der Waals surface area contributed by atoms with E-state index in [4.69, 9.17) is 19.8 Å². The van der Waals surface area contributed by atoms with E-state index in [9.17, 15) is 13.2 Å². The molecule has 1 saturated carbocycles. The number of aliphatic hydroxyl groups is 1. The Balaban J connectivity index is 1.53. The molecular weight excluding hydrogens is 508 g/mol. The first-order valence-electron chi connectivity index (χ1n) is 12.5. The van der Waals surface area contributed by atoms with Crippen molar-refractivity contribution in [1.29, 1.82) is 0 Å². The Morgan fingerprint density at radius 3 is 2.63 bits per heavy atom. The molecule has 3 aromatic rings. The van der Waals surface area contributed by atoms with Gasteiger partial charge in [0, 0.05) is 36.6 Å². The second kappa shape index (κ2) is 10.6. The van der Waals surface area contributed by atoms with Gasteiger partial charge in [-0.05, 0) is 56.2 Å². The quantitative estimate of drug-likeness (QED) is 0.393. The highest BCUT2D eigenvalue weighted by atomic mass is 32.2. The number of carbonyl (C=O) groups is 1. The van der Waals surface area contributed by atoms with Crippen molar-refractivity contribution in [2.75, 3.05) is 43.1 Å². The molecule has 1 atom stereocenters. The first-order valence-corrected chi connectivity index (χ1v) is 14.0. The van der Waals surface area contributed by atoms with Gasteiger partial charge in [0.05, 0.1) is 31.6 Å². The van der Waals surface area contributed by atoms with Gasteiger partial charge in [-0.3, -0.25) is 0 Å². The van der Waals surface area contributed by atoms with Gasteiger partial charge in [0.15, 0.2) is 10.9 Å². The number of benzene rings is 1. The third-order valence-corrected chi connectivity index (χ3v) is 9.21. The summed E-state index contributed by atoms with van der Waals surface area (Å²) in [7, 11) is -3.79. The lowest BCUT2D eigenvalue weighted by molar-refractivity contribution is 0.0985. The summed E-state index contributed by atoms with van der Waals surface area (Å²) < 4.78 is 31.9. The molecule has 11 nitrogen and oxygen atoms in total. The maximum Gasteiger partial charge on any atom is 0.319 e. The molecule has 5 rings (SSSR count). The van der Waals surface area contributed by atoms with Crippen molar-refractivity contribution >= 4 is 27.4 Å². The van der Waals surface area contributed by atoms with Gasteiger partial charge >= 0.3 is 6.03 Å². The van der Waals surface area contributed by atoms with Crippen LogP contribution in [0, 0.1) is 0 Å². The lowest BCUT2D eigenvalue weighted by atomic mass is 10.1. The van der Waals surface area contributed by atoms with E-state index in [1.807, 2.05) is 6.92 Å². The number of hydrogen-bond acceptors (Lipinski definition) is 9. The standard InChI is InChI=1S/C26H30N6O5S/c1-18-17-37-15-13-32(18)22-16-21(26(9-10-26)38(35,36)23-4-2-3-11-27-23)30-24(31-22)19-5-7-20(8-6-19)29-25(34)28-12-14-33/h2-8,11,16,18,33H,9-10,12-15,17H2,1H3,(H2,28,29,34)/t18-/m0/s1. The number of aliphatic hydroxyl groups excluding tert-OH is 1. The van der Waals surface area contributed by atoms with E-state index in [1.165, 1.54) is 12.3 Å². The third-order valence-electron chi connectivity index (χ3n) is 6.77. The number of sulfone groups is 1. The minimum Gasteiger partial charge on any atom is -0.395 e. The molecule has 1 aliphatic heterocycles. The van der Waals surface area contributed by atoms with Crippen LogP contribution in [0.15, 0.2) is 59.8 Å². The molecule has 2 aliphatic rings. The molecular formula is C26H30N6O5S. The van der Waals surface area contributed by atoms with Gasteiger partial charge in [-0.2, -0.15) is 0 Å². The van der Waals surface area contributed by atoms with Crippen molar-refractivity contribution in [2.24, 2.45) is 0 Å². The number of pyridine rings is 1. The van der Waals surface area contributed by atoms with Gasteiger partial charge in [0.25, 0.3) is 0 Å². The van der Waals surface area contributed by atoms with Crippen molar-refractivity contribution in [3.63, 3.8) is 0 Å². The van der Waals surface area contributed by atoms with Crippen molar-refractivity contribution in [3.05, 3.63) is 60.4 Å². The van der Waals surface area contributed by atoms with E-state index in [0.29, 0.717) is 61.2 Å². The number of morpholine rings is 1. The molecule has 2 amide bonds. The molecule has 0 bridgehead atoms. The molecule has 1 aliphatic carbocycles. The highest BCUT2D eigenvalue weighted by Crippen LogP contribution is 2.54. The van der Waals surface area contributed by atoms with Gasteiger partial charge in [0.1, 0.15) is 10.6 Å². The molecule has 0 radical (unpaired) electrons. The highest BCUT2D eigenvalue weighted by molar-refractivity contribution is 7.92. The van der Waals surface area contributed by atoms with Crippen LogP contribution in [-0.2, 0) is 19.3 Å². The minimum atomic E-state index is -3.79. The monoisotopic (exact) mass is 538 g/mol. The number of carbonyl (C=O) groups excluding carboxylic acids is 1. The Hall–Kier alpha value is -3.61. The van der Waals surface area contributed by atoms with Crippen molar-refractivity contribution in [1.82, 2.24) is 20.3 Å². The fourth-order valence-corrected chi connectivity index (χ4v) is 6.42. The third kappa shape index (κ3) is 5.06. The SMILES string of the molecule is C[C@H]1COCCN1c1cc(C2(S(=O)(=O)c3ccccn3)CC2)nc(-c2ccc(NC(=O)NCCO)cc2)n1. The number of hydrogen-bond donors (Lipinski definition) is 3. The maximum atomic E-state index is 13.7. The zero-order chi connectivity index (χ0) is 26.8. The van der Waals surface area contributed by atoms with Crippen LogP contribution in [0.5, 0.6) is 0 Å². The number of ether oxygens (including phenoxy) is 1. The fraction of sp³-hybridized carbons (Fsp3) is 0.385. The van der Waals surface area contributed by atoms with Crippen molar-refractivity contribution in [3.8, 4) is 11.4 Å². The van der Waals surface area contributed by atoms with Crippen LogP contribution in [0.1, 0.15) is 25.5 Å². The van der Waals surface area contributed by atoms with Crippen LogP contribution in [-0.4, -0.2) is 73.5 Å². The molecule has 3 heterocycles. The largest absolute Gasteiger partial charge is 0.395 e. The first kappa shape index (κ1) is 26.0. The van der Waals surface area contributed by atoms with Crippen molar-refractivity contribution < 1.29 is 23.1 Å². The molecule has 200 valence electrons. The van der Waals surface area contributed by atoms with Crippen LogP contribution in [0.25, 0.3) is 11.4 Å². The number of nitrogens with zero attached hydrogens (tertiary/aromatic N) is 4. The van der Waals surface area contributed by atoms with Crippen LogP contribution < -0.4 is 15.5 Å². The van der Waals surface area contributed by atoms with E-state index in [0.717, 1.165) is 0 Å². The average Bonchev–Trinajstić information content (AvgIpc) is 3.76. The van der Waals surface area contributed by atoms with Crippen LogP contribution in [0.2, 0.25) is 0 Å². The van der Waals surface area contributed by atoms with Gasteiger partial charge in [0.2, 0.25) is 9.84 Å². The second-order valence-electron chi connectivity index (χ2n) is 9.40.